The van der Waals surface area contributed by atoms with Gasteiger partial charge >= 0.3 is 0 Å². The summed E-state index contributed by atoms with van der Waals surface area (Å²) in [6.45, 7) is 5.65. The third-order valence-corrected chi connectivity index (χ3v) is 5.20. The van der Waals surface area contributed by atoms with E-state index in [-0.39, 0.29) is 12.5 Å². The highest BCUT2D eigenvalue weighted by atomic mass is 35.5. The lowest BCUT2D eigenvalue weighted by molar-refractivity contribution is -0.117. The molecule has 0 saturated carbocycles. The fraction of sp³-hybridized carbons (Fsp3) is 0.353. The summed E-state index contributed by atoms with van der Waals surface area (Å²) < 4.78 is 6.04. The van der Waals surface area contributed by atoms with E-state index in [1.165, 1.54) is 11.3 Å². The van der Waals surface area contributed by atoms with Crippen LogP contribution in [-0.2, 0) is 11.3 Å². The second-order valence-corrected chi connectivity index (χ2v) is 7.57. The summed E-state index contributed by atoms with van der Waals surface area (Å²) in [5.74, 6) is 0.451. The second-order valence-electron chi connectivity index (χ2n) is 5.36. The van der Waals surface area contributed by atoms with Crippen LogP contribution in [0.3, 0.4) is 0 Å². The Balaban J connectivity index is 2.02. The lowest BCUT2D eigenvalue weighted by Gasteiger charge is -2.19. The maximum Gasteiger partial charge on any atom is 0.238 e. The Morgan fingerprint density at radius 3 is 2.67 bits per heavy atom. The van der Waals surface area contributed by atoms with Gasteiger partial charge in [-0.05, 0) is 37.2 Å². The standard InChI is InChI=1S/C17H20Cl2N2O2S/c1-4-21(9-12-5-6-16(19)24-12)10-17(22)20-14-7-11(2)13(18)8-15(14)23-3/h5-8H,4,9-10H2,1-3H3,(H,20,22). The van der Waals surface area contributed by atoms with E-state index in [9.17, 15) is 4.79 Å². The van der Waals surface area contributed by atoms with Gasteiger partial charge in [-0.15, -0.1) is 11.3 Å². The number of anilines is 1. The summed E-state index contributed by atoms with van der Waals surface area (Å²) in [4.78, 5) is 15.6. The zero-order valence-electron chi connectivity index (χ0n) is 13.9. The normalized spacial score (nSPS) is 10.9. The molecule has 1 heterocycles. The summed E-state index contributed by atoms with van der Waals surface area (Å²) in [5.41, 5.74) is 1.51. The van der Waals surface area contributed by atoms with Crippen LogP contribution in [0.5, 0.6) is 5.75 Å². The Labute approximate surface area is 156 Å². The van der Waals surface area contributed by atoms with Crippen molar-refractivity contribution < 1.29 is 9.53 Å². The predicted molar refractivity (Wildman–Crippen MR) is 102 cm³/mol. The van der Waals surface area contributed by atoms with Gasteiger partial charge in [-0.2, -0.15) is 0 Å². The van der Waals surface area contributed by atoms with Crippen molar-refractivity contribution in [1.29, 1.82) is 0 Å². The minimum absolute atomic E-state index is 0.0977. The lowest BCUT2D eigenvalue weighted by atomic mass is 10.2. The van der Waals surface area contributed by atoms with Gasteiger partial charge in [-0.1, -0.05) is 30.1 Å². The number of hydrogen-bond donors (Lipinski definition) is 1. The van der Waals surface area contributed by atoms with Crippen LogP contribution in [0, 0.1) is 6.92 Å². The maximum absolute atomic E-state index is 12.4. The average Bonchev–Trinajstić information content (AvgIpc) is 2.95. The molecule has 1 aromatic heterocycles. The third-order valence-electron chi connectivity index (χ3n) is 3.58. The minimum atomic E-state index is -0.0977. The summed E-state index contributed by atoms with van der Waals surface area (Å²) in [7, 11) is 1.55. The smallest absolute Gasteiger partial charge is 0.238 e. The zero-order valence-corrected chi connectivity index (χ0v) is 16.2. The Morgan fingerprint density at radius 1 is 1.33 bits per heavy atom. The molecular weight excluding hydrogens is 367 g/mol. The highest BCUT2D eigenvalue weighted by Gasteiger charge is 2.14. The predicted octanol–water partition coefficient (Wildman–Crippen LogP) is 4.83. The molecule has 1 N–H and O–H groups in total. The molecule has 24 heavy (non-hydrogen) atoms. The number of hydrogen-bond acceptors (Lipinski definition) is 4. The number of benzene rings is 1. The van der Waals surface area contributed by atoms with E-state index in [1.54, 1.807) is 13.2 Å². The maximum atomic E-state index is 12.4. The first-order chi connectivity index (χ1) is 11.4. The van der Waals surface area contributed by atoms with Gasteiger partial charge in [0.15, 0.2) is 0 Å². The summed E-state index contributed by atoms with van der Waals surface area (Å²) in [6, 6.07) is 7.38. The van der Waals surface area contributed by atoms with E-state index in [1.807, 2.05) is 36.9 Å². The molecule has 0 saturated heterocycles. The Bertz CT molecular complexity index is 719. The van der Waals surface area contributed by atoms with Gasteiger partial charge in [0.25, 0.3) is 0 Å². The molecule has 2 aromatic rings. The van der Waals surface area contributed by atoms with Crippen molar-refractivity contribution in [3.05, 3.63) is 44.1 Å². The number of carbonyl (C=O) groups is 1. The van der Waals surface area contributed by atoms with Gasteiger partial charge in [0, 0.05) is 22.5 Å². The van der Waals surface area contributed by atoms with Crippen LogP contribution in [0.2, 0.25) is 9.36 Å². The molecule has 0 aliphatic rings. The van der Waals surface area contributed by atoms with Gasteiger partial charge in [-0.25, -0.2) is 0 Å². The number of nitrogens with zero attached hydrogens (tertiary/aromatic N) is 1. The van der Waals surface area contributed by atoms with Crippen LogP contribution in [0.4, 0.5) is 5.69 Å². The topological polar surface area (TPSA) is 41.6 Å². The molecule has 1 aromatic carbocycles. The van der Waals surface area contributed by atoms with Gasteiger partial charge in [0.05, 0.1) is 23.7 Å². The Kier molecular flexibility index (Phi) is 6.92. The number of carbonyl (C=O) groups excluding carboxylic acids is 1. The molecule has 0 bridgehead atoms. The number of rotatable bonds is 7. The van der Waals surface area contributed by atoms with Gasteiger partial charge in [-0.3, -0.25) is 9.69 Å². The number of ether oxygens (including phenoxy) is 1. The summed E-state index contributed by atoms with van der Waals surface area (Å²) in [6.07, 6.45) is 0. The number of halogens is 2. The fourth-order valence-corrected chi connectivity index (χ4v) is 3.54. The van der Waals surface area contributed by atoms with Crippen LogP contribution in [0.1, 0.15) is 17.4 Å². The summed E-state index contributed by atoms with van der Waals surface area (Å²) in [5, 5.41) is 3.50. The number of amides is 1. The van der Waals surface area contributed by atoms with Gasteiger partial charge in [0.2, 0.25) is 5.91 Å². The van der Waals surface area contributed by atoms with Crippen molar-refractivity contribution in [2.24, 2.45) is 0 Å². The molecular formula is C17H20Cl2N2O2S. The molecule has 1 amide bonds. The van der Waals surface area contributed by atoms with Crippen molar-refractivity contribution in [3.8, 4) is 5.75 Å². The molecule has 0 aliphatic heterocycles. The van der Waals surface area contributed by atoms with E-state index < -0.39 is 0 Å². The Morgan fingerprint density at radius 2 is 2.08 bits per heavy atom. The second kappa shape index (κ2) is 8.72. The number of thiophene rings is 1. The van der Waals surface area contributed by atoms with E-state index in [2.05, 4.69) is 5.32 Å². The number of methoxy groups -OCH3 is 1. The van der Waals surface area contributed by atoms with Crippen LogP contribution >= 0.6 is 34.5 Å². The first-order valence-corrected chi connectivity index (χ1v) is 9.10. The summed E-state index contributed by atoms with van der Waals surface area (Å²) >= 11 is 13.6. The SMILES string of the molecule is CCN(CC(=O)Nc1cc(C)c(Cl)cc1OC)Cc1ccc(Cl)s1. The number of nitrogens with one attached hydrogen (secondary N) is 1. The first kappa shape index (κ1) is 19.1. The van der Waals surface area contributed by atoms with Crippen LogP contribution in [0.15, 0.2) is 24.3 Å². The molecule has 0 aliphatic carbocycles. The van der Waals surface area contributed by atoms with E-state index in [4.69, 9.17) is 27.9 Å². The zero-order chi connectivity index (χ0) is 17.7. The van der Waals surface area contributed by atoms with Crippen LogP contribution in [-0.4, -0.2) is 31.0 Å². The van der Waals surface area contributed by atoms with Crippen LogP contribution < -0.4 is 10.1 Å². The molecule has 0 unspecified atom stereocenters. The van der Waals surface area contributed by atoms with Crippen LogP contribution in [0.25, 0.3) is 0 Å². The average molecular weight is 387 g/mol. The highest BCUT2D eigenvalue weighted by Crippen LogP contribution is 2.31. The van der Waals surface area contributed by atoms with Gasteiger partial charge < -0.3 is 10.1 Å². The van der Waals surface area contributed by atoms with E-state index in [0.717, 1.165) is 21.3 Å². The van der Waals surface area contributed by atoms with Crippen molar-refractivity contribution in [1.82, 2.24) is 4.90 Å². The quantitative estimate of drug-likeness (QED) is 0.740. The minimum Gasteiger partial charge on any atom is -0.495 e. The van der Waals surface area contributed by atoms with Gasteiger partial charge in [0.1, 0.15) is 5.75 Å². The third kappa shape index (κ3) is 5.11. The molecule has 0 atom stereocenters. The molecule has 4 nitrogen and oxygen atoms in total. The number of likely N-dealkylation sites (N-methyl/N-ethyl adjacent to an activating group) is 1. The first-order valence-electron chi connectivity index (χ1n) is 7.53. The van der Waals surface area contributed by atoms with Crippen molar-refractivity contribution in [2.75, 3.05) is 25.5 Å². The van der Waals surface area contributed by atoms with E-state index in [0.29, 0.717) is 23.0 Å². The van der Waals surface area contributed by atoms with E-state index >= 15 is 0 Å². The van der Waals surface area contributed by atoms with Crippen molar-refractivity contribution in [2.45, 2.75) is 20.4 Å². The monoisotopic (exact) mass is 386 g/mol. The Hall–Kier alpha value is -1.27. The lowest BCUT2D eigenvalue weighted by Crippen LogP contribution is -2.32. The highest BCUT2D eigenvalue weighted by molar-refractivity contribution is 7.16. The van der Waals surface area contributed by atoms with Crippen molar-refractivity contribution >= 4 is 46.1 Å². The molecule has 7 heteroatoms. The molecule has 130 valence electrons. The molecule has 0 fully saturated rings. The fourth-order valence-electron chi connectivity index (χ4n) is 2.26. The molecule has 0 radical (unpaired) electrons. The molecule has 0 spiro atoms. The van der Waals surface area contributed by atoms with Crippen molar-refractivity contribution in [3.63, 3.8) is 0 Å². The number of aryl methyl sites for hydroxylation is 1. The molecule has 2 rings (SSSR count). The largest absolute Gasteiger partial charge is 0.495 e.